The molecule has 0 aliphatic rings. The van der Waals surface area contributed by atoms with Gasteiger partial charge in [0.1, 0.15) is 11.6 Å². The SMILES string of the molecule is Cc1n[nH]c(C)n1.Cl. The van der Waals surface area contributed by atoms with Crippen molar-refractivity contribution in [3.63, 3.8) is 0 Å². The largest absolute Gasteiger partial charge is 0.263 e. The molecule has 3 nitrogen and oxygen atoms in total. The minimum atomic E-state index is 0. The van der Waals surface area contributed by atoms with Gasteiger partial charge in [0.2, 0.25) is 0 Å². The highest BCUT2D eigenvalue weighted by atomic mass is 35.5. The molecule has 1 aromatic rings. The van der Waals surface area contributed by atoms with Crippen LogP contribution in [-0.4, -0.2) is 15.2 Å². The summed E-state index contributed by atoms with van der Waals surface area (Å²) in [6, 6.07) is 0. The van der Waals surface area contributed by atoms with E-state index in [1.54, 1.807) is 0 Å². The molecule has 0 aromatic carbocycles. The predicted octanol–water partition coefficient (Wildman–Crippen LogP) is 0.843. The molecule has 1 rings (SSSR count). The Morgan fingerprint density at radius 2 is 2.00 bits per heavy atom. The van der Waals surface area contributed by atoms with Crippen molar-refractivity contribution in [3.8, 4) is 0 Å². The van der Waals surface area contributed by atoms with Gasteiger partial charge in [-0.25, -0.2) is 4.98 Å². The summed E-state index contributed by atoms with van der Waals surface area (Å²) >= 11 is 0. The molecule has 0 saturated carbocycles. The number of aryl methyl sites for hydroxylation is 2. The van der Waals surface area contributed by atoms with Crippen molar-refractivity contribution in [3.05, 3.63) is 11.6 Å². The number of halogens is 1. The molecule has 0 spiro atoms. The van der Waals surface area contributed by atoms with Crippen LogP contribution in [0.4, 0.5) is 0 Å². The third-order valence-electron chi connectivity index (χ3n) is 0.709. The van der Waals surface area contributed by atoms with Crippen LogP contribution in [0.3, 0.4) is 0 Å². The summed E-state index contributed by atoms with van der Waals surface area (Å²) in [5.74, 6) is 1.68. The molecule has 46 valence electrons. The molecule has 0 atom stereocenters. The molecule has 0 saturated heterocycles. The van der Waals surface area contributed by atoms with Gasteiger partial charge in [-0.15, -0.1) is 12.4 Å². The first-order chi connectivity index (χ1) is 3.29. The first-order valence-electron chi connectivity index (χ1n) is 2.14. The fourth-order valence-electron chi connectivity index (χ4n) is 0.455. The number of H-pyrrole nitrogens is 1. The van der Waals surface area contributed by atoms with Gasteiger partial charge in [-0.05, 0) is 13.8 Å². The predicted molar refractivity (Wildman–Crippen MR) is 33.1 cm³/mol. The van der Waals surface area contributed by atoms with Crippen molar-refractivity contribution in [2.45, 2.75) is 13.8 Å². The minimum Gasteiger partial charge on any atom is -0.263 e. The van der Waals surface area contributed by atoms with E-state index in [-0.39, 0.29) is 12.4 Å². The molecule has 8 heavy (non-hydrogen) atoms. The van der Waals surface area contributed by atoms with Crippen LogP contribution < -0.4 is 0 Å². The number of aromatic nitrogens is 3. The second kappa shape index (κ2) is 2.67. The second-order valence-corrected chi connectivity index (χ2v) is 1.47. The van der Waals surface area contributed by atoms with Crippen molar-refractivity contribution < 1.29 is 0 Å². The number of nitrogens with one attached hydrogen (secondary N) is 1. The molecule has 1 N–H and O–H groups in total. The number of hydrogen-bond donors (Lipinski definition) is 1. The topological polar surface area (TPSA) is 41.6 Å². The molecule has 0 unspecified atom stereocenters. The Kier molecular flexibility index (Phi) is 2.48. The molecule has 0 bridgehead atoms. The highest BCUT2D eigenvalue weighted by Crippen LogP contribution is 1.83. The summed E-state index contributed by atoms with van der Waals surface area (Å²) in [6.07, 6.45) is 0. The van der Waals surface area contributed by atoms with Gasteiger partial charge in [0.25, 0.3) is 0 Å². The Balaban J connectivity index is 0.000000490. The zero-order valence-corrected chi connectivity index (χ0v) is 5.62. The molecular formula is C4H8ClN3. The van der Waals surface area contributed by atoms with Gasteiger partial charge in [-0.2, -0.15) is 5.10 Å². The lowest BCUT2D eigenvalue weighted by Gasteiger charge is -1.68. The van der Waals surface area contributed by atoms with Crippen LogP contribution >= 0.6 is 12.4 Å². The summed E-state index contributed by atoms with van der Waals surface area (Å²) in [7, 11) is 0. The zero-order chi connectivity index (χ0) is 5.28. The van der Waals surface area contributed by atoms with Crippen molar-refractivity contribution in [2.75, 3.05) is 0 Å². The molecule has 0 fully saturated rings. The van der Waals surface area contributed by atoms with E-state index in [4.69, 9.17) is 0 Å². The maximum Gasteiger partial charge on any atom is 0.147 e. The second-order valence-electron chi connectivity index (χ2n) is 1.47. The molecule has 1 aromatic heterocycles. The van der Waals surface area contributed by atoms with Crippen molar-refractivity contribution in [2.24, 2.45) is 0 Å². The Morgan fingerprint density at radius 1 is 1.38 bits per heavy atom. The zero-order valence-electron chi connectivity index (χ0n) is 4.80. The van der Waals surface area contributed by atoms with Crippen molar-refractivity contribution >= 4 is 12.4 Å². The maximum absolute atomic E-state index is 3.94. The standard InChI is InChI=1S/C4H7N3.ClH/c1-3-5-4(2)7-6-3;/h1-2H3,(H,5,6,7);1H. The third-order valence-corrected chi connectivity index (χ3v) is 0.709. The van der Waals surface area contributed by atoms with Crippen LogP contribution in [0.15, 0.2) is 0 Å². The van der Waals surface area contributed by atoms with E-state index in [1.165, 1.54) is 0 Å². The molecule has 1 heterocycles. The molecule has 0 radical (unpaired) electrons. The van der Waals surface area contributed by atoms with Gasteiger partial charge in [-0.1, -0.05) is 0 Å². The fraction of sp³-hybridized carbons (Fsp3) is 0.500. The average molecular weight is 134 g/mol. The monoisotopic (exact) mass is 133 g/mol. The van der Waals surface area contributed by atoms with E-state index in [0.717, 1.165) is 11.6 Å². The van der Waals surface area contributed by atoms with Gasteiger partial charge in [-0.3, -0.25) is 5.10 Å². The quantitative estimate of drug-likeness (QED) is 0.570. The highest BCUT2D eigenvalue weighted by molar-refractivity contribution is 5.85. The van der Waals surface area contributed by atoms with Crippen LogP contribution in [0.5, 0.6) is 0 Å². The number of aromatic amines is 1. The number of hydrogen-bond acceptors (Lipinski definition) is 2. The lowest BCUT2D eigenvalue weighted by molar-refractivity contribution is 1.02. The summed E-state index contributed by atoms with van der Waals surface area (Å²) < 4.78 is 0. The van der Waals surface area contributed by atoms with Crippen LogP contribution in [0.25, 0.3) is 0 Å². The third kappa shape index (κ3) is 1.50. The van der Waals surface area contributed by atoms with Crippen molar-refractivity contribution in [1.82, 2.24) is 15.2 Å². The Bertz CT molecular complexity index is 144. The Hall–Kier alpha value is -0.570. The lowest BCUT2D eigenvalue weighted by atomic mass is 10.7. The summed E-state index contributed by atoms with van der Waals surface area (Å²) in [5.41, 5.74) is 0. The molecule has 4 heteroatoms. The number of nitrogens with zero attached hydrogens (tertiary/aromatic N) is 2. The van der Waals surface area contributed by atoms with Crippen LogP contribution in [-0.2, 0) is 0 Å². The van der Waals surface area contributed by atoms with Gasteiger partial charge in [0.15, 0.2) is 0 Å². The summed E-state index contributed by atoms with van der Waals surface area (Å²) in [5, 5.41) is 6.49. The molecule has 0 amide bonds. The van der Waals surface area contributed by atoms with E-state index in [2.05, 4.69) is 15.2 Å². The normalized spacial score (nSPS) is 8.25. The Labute approximate surface area is 53.9 Å². The van der Waals surface area contributed by atoms with Gasteiger partial charge < -0.3 is 0 Å². The fourth-order valence-corrected chi connectivity index (χ4v) is 0.455. The van der Waals surface area contributed by atoms with Crippen LogP contribution in [0.2, 0.25) is 0 Å². The van der Waals surface area contributed by atoms with E-state index in [0.29, 0.717) is 0 Å². The number of rotatable bonds is 0. The lowest BCUT2D eigenvalue weighted by Crippen LogP contribution is -1.70. The molecule has 0 aliphatic carbocycles. The molecule has 0 aliphatic heterocycles. The first kappa shape index (κ1) is 7.43. The summed E-state index contributed by atoms with van der Waals surface area (Å²) in [6.45, 7) is 3.73. The maximum atomic E-state index is 3.94. The van der Waals surface area contributed by atoms with E-state index in [1.807, 2.05) is 13.8 Å². The van der Waals surface area contributed by atoms with Gasteiger partial charge >= 0.3 is 0 Å². The molecular weight excluding hydrogens is 126 g/mol. The van der Waals surface area contributed by atoms with E-state index < -0.39 is 0 Å². The van der Waals surface area contributed by atoms with E-state index in [9.17, 15) is 0 Å². The minimum absolute atomic E-state index is 0. The van der Waals surface area contributed by atoms with Crippen LogP contribution in [0, 0.1) is 13.8 Å². The first-order valence-corrected chi connectivity index (χ1v) is 2.14. The summed E-state index contributed by atoms with van der Waals surface area (Å²) in [4.78, 5) is 3.94. The van der Waals surface area contributed by atoms with Crippen LogP contribution in [0.1, 0.15) is 11.6 Å². The Morgan fingerprint density at radius 3 is 2.12 bits per heavy atom. The average Bonchev–Trinajstić information content (AvgIpc) is 1.87. The van der Waals surface area contributed by atoms with Crippen molar-refractivity contribution in [1.29, 1.82) is 0 Å². The highest BCUT2D eigenvalue weighted by Gasteiger charge is 1.86. The van der Waals surface area contributed by atoms with Gasteiger partial charge in [0.05, 0.1) is 0 Å². The smallest absolute Gasteiger partial charge is 0.147 e. The van der Waals surface area contributed by atoms with Gasteiger partial charge in [0, 0.05) is 0 Å². The van der Waals surface area contributed by atoms with E-state index >= 15 is 0 Å².